The smallest absolute Gasteiger partial charge is 0.306 e. The number of esters is 3. The van der Waals surface area contributed by atoms with E-state index in [-0.39, 0.29) is 31.1 Å². The molecule has 0 aromatic rings. The van der Waals surface area contributed by atoms with Gasteiger partial charge in [0.05, 0.1) is 0 Å². The van der Waals surface area contributed by atoms with Crippen LogP contribution >= 0.6 is 0 Å². The molecule has 0 aromatic heterocycles. The molecule has 0 aliphatic rings. The van der Waals surface area contributed by atoms with Crippen molar-refractivity contribution in [3.8, 4) is 0 Å². The zero-order chi connectivity index (χ0) is 43.8. The number of hydrogen-bond acceptors (Lipinski definition) is 6. The van der Waals surface area contributed by atoms with Gasteiger partial charge in [-0.2, -0.15) is 0 Å². The third-order valence-corrected chi connectivity index (χ3v) is 12.3. The van der Waals surface area contributed by atoms with Gasteiger partial charge in [-0.1, -0.05) is 265 Å². The fraction of sp³-hybridized carbons (Fsp3) is 0.944. The molecule has 0 fully saturated rings. The molecule has 0 rings (SSSR count). The predicted molar refractivity (Wildman–Crippen MR) is 257 cm³/mol. The third-order valence-electron chi connectivity index (χ3n) is 12.3. The van der Waals surface area contributed by atoms with Crippen molar-refractivity contribution < 1.29 is 28.6 Å². The monoisotopic (exact) mass is 849 g/mol. The summed E-state index contributed by atoms with van der Waals surface area (Å²) in [7, 11) is 0. The molecule has 0 amide bonds. The highest BCUT2D eigenvalue weighted by Gasteiger charge is 2.19. The lowest BCUT2D eigenvalue weighted by molar-refractivity contribution is -0.167. The molecule has 6 nitrogen and oxygen atoms in total. The SMILES string of the molecule is CCCCCCCCCCCCCCCCCCCCC(=O)OC[C@H](COC(=O)CCCCCCCCCCCC)OC(=O)CCCCCCCCCCCCCC(C)C. The Morgan fingerprint density at radius 2 is 0.550 bits per heavy atom. The quantitative estimate of drug-likeness (QED) is 0.0345. The van der Waals surface area contributed by atoms with E-state index in [0.717, 1.165) is 63.7 Å². The van der Waals surface area contributed by atoms with Gasteiger partial charge in [-0.25, -0.2) is 0 Å². The molecule has 0 bridgehead atoms. The number of hydrogen-bond donors (Lipinski definition) is 0. The van der Waals surface area contributed by atoms with E-state index >= 15 is 0 Å². The van der Waals surface area contributed by atoms with Crippen LogP contribution in [0.1, 0.15) is 304 Å². The molecule has 0 spiro atoms. The van der Waals surface area contributed by atoms with Crippen molar-refractivity contribution in [3.63, 3.8) is 0 Å². The molecular weight excluding hydrogens is 745 g/mol. The van der Waals surface area contributed by atoms with Crippen molar-refractivity contribution in [1.29, 1.82) is 0 Å². The fourth-order valence-electron chi connectivity index (χ4n) is 8.22. The third kappa shape index (κ3) is 47.5. The van der Waals surface area contributed by atoms with Crippen LogP contribution in [-0.2, 0) is 28.6 Å². The minimum Gasteiger partial charge on any atom is -0.462 e. The number of ether oxygens (including phenoxy) is 3. The molecule has 0 unspecified atom stereocenters. The highest BCUT2D eigenvalue weighted by molar-refractivity contribution is 5.71. The molecule has 0 heterocycles. The number of rotatable bonds is 49. The number of unbranched alkanes of at least 4 members (excludes halogenated alkanes) is 36. The first-order valence-corrected chi connectivity index (χ1v) is 26.9. The van der Waals surface area contributed by atoms with Crippen molar-refractivity contribution in [2.24, 2.45) is 5.92 Å². The molecule has 0 aliphatic carbocycles. The van der Waals surface area contributed by atoms with Gasteiger partial charge in [0.2, 0.25) is 0 Å². The van der Waals surface area contributed by atoms with Crippen molar-refractivity contribution in [2.45, 2.75) is 310 Å². The lowest BCUT2D eigenvalue weighted by Crippen LogP contribution is -2.30. The lowest BCUT2D eigenvalue weighted by atomic mass is 10.0. The van der Waals surface area contributed by atoms with E-state index in [1.54, 1.807) is 0 Å². The Labute approximate surface area is 374 Å². The van der Waals surface area contributed by atoms with Crippen LogP contribution in [0.2, 0.25) is 0 Å². The highest BCUT2D eigenvalue weighted by atomic mass is 16.6. The Morgan fingerprint density at radius 3 is 0.817 bits per heavy atom. The van der Waals surface area contributed by atoms with Crippen LogP contribution in [0.25, 0.3) is 0 Å². The van der Waals surface area contributed by atoms with Crippen molar-refractivity contribution in [3.05, 3.63) is 0 Å². The summed E-state index contributed by atoms with van der Waals surface area (Å²) in [5.41, 5.74) is 0. The van der Waals surface area contributed by atoms with E-state index in [0.29, 0.717) is 19.3 Å². The van der Waals surface area contributed by atoms with Crippen molar-refractivity contribution in [1.82, 2.24) is 0 Å². The Hall–Kier alpha value is -1.59. The van der Waals surface area contributed by atoms with E-state index in [2.05, 4.69) is 27.7 Å². The maximum atomic E-state index is 12.8. The highest BCUT2D eigenvalue weighted by Crippen LogP contribution is 2.17. The first-order chi connectivity index (χ1) is 29.4. The lowest BCUT2D eigenvalue weighted by Gasteiger charge is -2.18. The average Bonchev–Trinajstić information content (AvgIpc) is 3.23. The molecule has 1 atom stereocenters. The molecule has 0 aliphatic heterocycles. The van der Waals surface area contributed by atoms with Crippen LogP contribution in [-0.4, -0.2) is 37.2 Å². The summed E-state index contributed by atoms with van der Waals surface area (Å²) in [4.78, 5) is 37.9. The second kappa shape index (κ2) is 48.4. The van der Waals surface area contributed by atoms with Crippen LogP contribution in [0.4, 0.5) is 0 Å². The Bertz CT molecular complexity index is 903. The number of carbonyl (C=O) groups excluding carboxylic acids is 3. The summed E-state index contributed by atoms with van der Waals surface area (Å²) < 4.78 is 16.8. The average molecular weight is 849 g/mol. The summed E-state index contributed by atoms with van der Waals surface area (Å²) in [6.07, 6.45) is 50.9. The van der Waals surface area contributed by atoms with Gasteiger partial charge >= 0.3 is 17.9 Å². The molecule has 0 radical (unpaired) electrons. The second-order valence-corrected chi connectivity index (χ2v) is 19.0. The normalized spacial score (nSPS) is 11.9. The van der Waals surface area contributed by atoms with Crippen LogP contribution < -0.4 is 0 Å². The summed E-state index contributed by atoms with van der Waals surface area (Å²) in [6, 6.07) is 0. The van der Waals surface area contributed by atoms with Gasteiger partial charge in [-0.15, -0.1) is 0 Å². The van der Waals surface area contributed by atoms with Gasteiger partial charge < -0.3 is 14.2 Å². The van der Waals surface area contributed by atoms with Crippen molar-refractivity contribution in [2.75, 3.05) is 13.2 Å². The fourth-order valence-corrected chi connectivity index (χ4v) is 8.22. The molecule has 0 N–H and O–H groups in total. The van der Waals surface area contributed by atoms with E-state index in [4.69, 9.17) is 14.2 Å². The molecular formula is C54H104O6. The summed E-state index contributed by atoms with van der Waals surface area (Å²) in [5, 5.41) is 0. The standard InChI is InChI=1S/C54H104O6/c1-5-7-9-11-13-15-17-18-19-20-21-22-23-26-30-34-38-42-46-53(56)59-49-51(48-58-52(55)45-41-37-33-29-16-14-12-10-8-6-2)60-54(57)47-43-39-35-31-27-24-25-28-32-36-40-44-50(3)4/h50-51H,5-49H2,1-4H3/t51-/m0/s1. The Balaban J connectivity index is 4.25. The molecule has 0 saturated carbocycles. The first-order valence-electron chi connectivity index (χ1n) is 26.9. The van der Waals surface area contributed by atoms with Gasteiger partial charge in [0.25, 0.3) is 0 Å². The van der Waals surface area contributed by atoms with Gasteiger partial charge in [0.15, 0.2) is 6.10 Å². The first kappa shape index (κ1) is 58.4. The van der Waals surface area contributed by atoms with Gasteiger partial charge in [-0.05, 0) is 25.2 Å². The van der Waals surface area contributed by atoms with E-state index in [1.165, 1.54) is 199 Å². The topological polar surface area (TPSA) is 78.9 Å². The minimum atomic E-state index is -0.760. The molecule has 0 aromatic carbocycles. The molecule has 356 valence electrons. The summed E-state index contributed by atoms with van der Waals surface area (Å²) in [5.74, 6) is -0.0189. The molecule has 6 heteroatoms. The predicted octanol–water partition coefficient (Wildman–Crippen LogP) is 17.5. The van der Waals surface area contributed by atoms with Gasteiger partial charge in [-0.3, -0.25) is 14.4 Å². The molecule has 0 saturated heterocycles. The Morgan fingerprint density at radius 1 is 0.317 bits per heavy atom. The van der Waals surface area contributed by atoms with Crippen LogP contribution in [0.15, 0.2) is 0 Å². The van der Waals surface area contributed by atoms with E-state index < -0.39 is 6.10 Å². The zero-order valence-electron chi connectivity index (χ0n) is 40.9. The second-order valence-electron chi connectivity index (χ2n) is 19.0. The maximum Gasteiger partial charge on any atom is 0.306 e. The number of carbonyl (C=O) groups is 3. The van der Waals surface area contributed by atoms with E-state index in [9.17, 15) is 14.4 Å². The van der Waals surface area contributed by atoms with Crippen LogP contribution in [0, 0.1) is 5.92 Å². The molecule has 60 heavy (non-hydrogen) atoms. The zero-order valence-corrected chi connectivity index (χ0v) is 40.9. The van der Waals surface area contributed by atoms with E-state index in [1.807, 2.05) is 0 Å². The van der Waals surface area contributed by atoms with Gasteiger partial charge in [0.1, 0.15) is 13.2 Å². The largest absolute Gasteiger partial charge is 0.462 e. The summed E-state index contributed by atoms with van der Waals surface area (Å²) >= 11 is 0. The van der Waals surface area contributed by atoms with Gasteiger partial charge in [0, 0.05) is 19.3 Å². The van der Waals surface area contributed by atoms with Crippen molar-refractivity contribution >= 4 is 17.9 Å². The minimum absolute atomic E-state index is 0.0626. The van der Waals surface area contributed by atoms with Crippen LogP contribution in [0.5, 0.6) is 0 Å². The summed E-state index contributed by atoms with van der Waals surface area (Å²) in [6.45, 7) is 9.02. The maximum absolute atomic E-state index is 12.8. The van der Waals surface area contributed by atoms with Crippen LogP contribution in [0.3, 0.4) is 0 Å². The Kier molecular flexibility index (Phi) is 47.2.